The number of aromatic nitrogens is 1. The Hall–Kier alpha value is -1.29. The van der Waals surface area contributed by atoms with E-state index in [4.69, 9.17) is 27.9 Å². The van der Waals surface area contributed by atoms with Crippen molar-refractivity contribution in [3.63, 3.8) is 0 Å². The Balaban J connectivity index is 2.31. The molecule has 1 N–H and O–H groups in total. The van der Waals surface area contributed by atoms with Crippen molar-refractivity contribution >= 4 is 23.2 Å². The Morgan fingerprint density at radius 1 is 1.30 bits per heavy atom. The molecule has 0 aliphatic carbocycles. The van der Waals surface area contributed by atoms with E-state index in [2.05, 4.69) is 10.3 Å². The van der Waals surface area contributed by atoms with Gasteiger partial charge in [-0.3, -0.25) is 0 Å². The second-order valence-corrected chi connectivity index (χ2v) is 5.23. The molecule has 1 aromatic carbocycles. The summed E-state index contributed by atoms with van der Waals surface area (Å²) in [6.45, 7) is 0. The van der Waals surface area contributed by atoms with Gasteiger partial charge in [-0.1, -0.05) is 29.3 Å². The van der Waals surface area contributed by atoms with Gasteiger partial charge in [0.05, 0.1) is 7.11 Å². The zero-order valence-electron chi connectivity index (χ0n) is 11.4. The first-order valence-corrected chi connectivity index (χ1v) is 7.01. The molecule has 0 saturated carbocycles. The third-order valence-electron chi connectivity index (χ3n) is 3.15. The average Bonchev–Trinajstić information content (AvgIpc) is 2.48. The second kappa shape index (κ2) is 6.93. The van der Waals surface area contributed by atoms with Crippen LogP contribution in [-0.4, -0.2) is 19.1 Å². The predicted molar refractivity (Wildman–Crippen MR) is 82.8 cm³/mol. The van der Waals surface area contributed by atoms with Crippen LogP contribution in [0.25, 0.3) is 0 Å². The van der Waals surface area contributed by atoms with Gasteiger partial charge >= 0.3 is 0 Å². The van der Waals surface area contributed by atoms with E-state index in [-0.39, 0.29) is 6.04 Å². The quantitative estimate of drug-likeness (QED) is 0.909. The standard InChI is InChI=1S/C15H16Cl2N2O/c1-18-14(12-4-3-7-19-15(12)20-2)9-10-8-11(16)5-6-13(10)17/h3-8,14,18H,9H2,1-2H3. The summed E-state index contributed by atoms with van der Waals surface area (Å²) in [4.78, 5) is 4.23. The molecule has 0 spiro atoms. The van der Waals surface area contributed by atoms with Gasteiger partial charge in [-0.05, 0) is 43.3 Å². The highest BCUT2D eigenvalue weighted by atomic mass is 35.5. The summed E-state index contributed by atoms with van der Waals surface area (Å²) >= 11 is 12.3. The van der Waals surface area contributed by atoms with E-state index in [1.165, 1.54) is 0 Å². The fourth-order valence-corrected chi connectivity index (χ4v) is 2.52. The molecule has 1 aromatic heterocycles. The highest BCUT2D eigenvalue weighted by molar-refractivity contribution is 6.33. The first kappa shape index (κ1) is 15.1. The van der Waals surface area contributed by atoms with Crippen LogP contribution in [-0.2, 0) is 6.42 Å². The number of likely N-dealkylation sites (N-methyl/N-ethyl adjacent to an activating group) is 1. The number of hydrogen-bond donors (Lipinski definition) is 1. The molecule has 3 nitrogen and oxygen atoms in total. The van der Waals surface area contributed by atoms with Crippen LogP contribution in [0.1, 0.15) is 17.2 Å². The van der Waals surface area contributed by atoms with Crippen LogP contribution in [0.2, 0.25) is 10.0 Å². The molecule has 2 rings (SSSR count). The van der Waals surface area contributed by atoms with Crippen LogP contribution in [0.5, 0.6) is 5.88 Å². The smallest absolute Gasteiger partial charge is 0.217 e. The first-order chi connectivity index (χ1) is 9.65. The monoisotopic (exact) mass is 310 g/mol. The van der Waals surface area contributed by atoms with Gasteiger partial charge in [0.15, 0.2) is 0 Å². The van der Waals surface area contributed by atoms with Crippen molar-refractivity contribution in [2.24, 2.45) is 0 Å². The number of nitrogens with one attached hydrogen (secondary N) is 1. The highest BCUT2D eigenvalue weighted by Gasteiger charge is 2.17. The van der Waals surface area contributed by atoms with Crippen molar-refractivity contribution in [3.8, 4) is 5.88 Å². The van der Waals surface area contributed by atoms with Crippen molar-refractivity contribution in [1.82, 2.24) is 10.3 Å². The fraction of sp³-hybridized carbons (Fsp3) is 0.267. The van der Waals surface area contributed by atoms with Crippen molar-refractivity contribution < 1.29 is 4.74 Å². The lowest BCUT2D eigenvalue weighted by Crippen LogP contribution is -2.20. The molecule has 0 aliphatic rings. The van der Waals surface area contributed by atoms with Gasteiger partial charge < -0.3 is 10.1 Å². The average molecular weight is 311 g/mol. The number of rotatable bonds is 5. The Morgan fingerprint density at radius 3 is 2.80 bits per heavy atom. The predicted octanol–water partition coefficient (Wildman–Crippen LogP) is 3.90. The fourth-order valence-electron chi connectivity index (χ4n) is 2.13. The molecule has 0 bridgehead atoms. The second-order valence-electron chi connectivity index (χ2n) is 4.38. The van der Waals surface area contributed by atoms with Crippen LogP contribution in [0.4, 0.5) is 0 Å². The summed E-state index contributed by atoms with van der Waals surface area (Å²) < 4.78 is 5.31. The zero-order valence-corrected chi connectivity index (χ0v) is 12.9. The molecule has 20 heavy (non-hydrogen) atoms. The summed E-state index contributed by atoms with van der Waals surface area (Å²) in [6, 6.07) is 9.41. The maximum Gasteiger partial charge on any atom is 0.217 e. The van der Waals surface area contributed by atoms with Gasteiger partial charge in [0.25, 0.3) is 0 Å². The van der Waals surface area contributed by atoms with Gasteiger partial charge in [-0.15, -0.1) is 0 Å². The molecule has 0 fully saturated rings. The number of methoxy groups -OCH3 is 1. The first-order valence-electron chi connectivity index (χ1n) is 6.25. The van der Waals surface area contributed by atoms with Gasteiger partial charge in [-0.2, -0.15) is 0 Å². The number of hydrogen-bond acceptors (Lipinski definition) is 3. The maximum atomic E-state index is 6.23. The minimum absolute atomic E-state index is 0.0506. The number of benzene rings is 1. The van der Waals surface area contributed by atoms with Crippen LogP contribution < -0.4 is 10.1 Å². The molecule has 0 radical (unpaired) electrons. The Bertz CT molecular complexity index is 590. The Morgan fingerprint density at radius 2 is 2.10 bits per heavy atom. The molecule has 0 aliphatic heterocycles. The maximum absolute atomic E-state index is 6.23. The van der Waals surface area contributed by atoms with Crippen molar-refractivity contribution in [3.05, 3.63) is 57.7 Å². The normalized spacial score (nSPS) is 12.2. The molecule has 5 heteroatoms. The molecule has 0 amide bonds. The third kappa shape index (κ3) is 3.42. The molecule has 1 heterocycles. The minimum Gasteiger partial charge on any atom is -0.481 e. The number of pyridine rings is 1. The Labute approximate surface area is 128 Å². The molecular formula is C15H16Cl2N2O. The van der Waals surface area contributed by atoms with E-state index < -0.39 is 0 Å². The van der Waals surface area contributed by atoms with Crippen molar-refractivity contribution in [2.45, 2.75) is 12.5 Å². The van der Waals surface area contributed by atoms with E-state index in [0.717, 1.165) is 11.1 Å². The van der Waals surface area contributed by atoms with Crippen molar-refractivity contribution in [1.29, 1.82) is 0 Å². The van der Waals surface area contributed by atoms with Crippen LogP contribution >= 0.6 is 23.2 Å². The molecule has 2 aromatic rings. The van der Waals surface area contributed by atoms with E-state index in [9.17, 15) is 0 Å². The van der Waals surface area contributed by atoms with E-state index in [1.54, 1.807) is 19.4 Å². The minimum atomic E-state index is 0.0506. The highest BCUT2D eigenvalue weighted by Crippen LogP contribution is 2.29. The summed E-state index contributed by atoms with van der Waals surface area (Å²) in [6.07, 6.45) is 2.42. The molecule has 1 unspecified atom stereocenters. The van der Waals surface area contributed by atoms with Crippen LogP contribution in [0, 0.1) is 0 Å². The molecule has 1 atom stereocenters. The number of nitrogens with zero attached hydrogens (tertiary/aromatic N) is 1. The van der Waals surface area contributed by atoms with Crippen LogP contribution in [0.15, 0.2) is 36.5 Å². The summed E-state index contributed by atoms with van der Waals surface area (Å²) in [7, 11) is 3.51. The summed E-state index contributed by atoms with van der Waals surface area (Å²) in [5, 5.41) is 4.65. The SMILES string of the molecule is CNC(Cc1cc(Cl)ccc1Cl)c1cccnc1OC. The van der Waals surface area contributed by atoms with Gasteiger partial charge in [0.2, 0.25) is 5.88 Å². The molecular weight excluding hydrogens is 295 g/mol. The van der Waals surface area contributed by atoms with Gasteiger partial charge in [0, 0.05) is 27.8 Å². The lowest BCUT2D eigenvalue weighted by atomic mass is 10.00. The summed E-state index contributed by atoms with van der Waals surface area (Å²) in [5.74, 6) is 0.616. The van der Waals surface area contributed by atoms with E-state index in [1.807, 2.05) is 31.3 Å². The lowest BCUT2D eigenvalue weighted by molar-refractivity contribution is 0.384. The van der Waals surface area contributed by atoms with Crippen LogP contribution in [0.3, 0.4) is 0 Å². The largest absolute Gasteiger partial charge is 0.481 e. The Kier molecular flexibility index (Phi) is 5.24. The van der Waals surface area contributed by atoms with Gasteiger partial charge in [-0.25, -0.2) is 4.98 Å². The lowest BCUT2D eigenvalue weighted by Gasteiger charge is -2.19. The van der Waals surface area contributed by atoms with E-state index >= 15 is 0 Å². The zero-order chi connectivity index (χ0) is 14.5. The topological polar surface area (TPSA) is 34.2 Å². The number of halogens is 2. The third-order valence-corrected chi connectivity index (χ3v) is 3.75. The van der Waals surface area contributed by atoms with Gasteiger partial charge in [0.1, 0.15) is 0 Å². The van der Waals surface area contributed by atoms with E-state index in [0.29, 0.717) is 22.3 Å². The summed E-state index contributed by atoms with van der Waals surface area (Å²) in [5.41, 5.74) is 1.98. The molecule has 0 saturated heterocycles. The molecule has 106 valence electrons. The number of ether oxygens (including phenoxy) is 1. The van der Waals surface area contributed by atoms with Crippen molar-refractivity contribution in [2.75, 3.05) is 14.2 Å².